The van der Waals surface area contributed by atoms with Crippen LogP contribution in [-0.4, -0.2) is 18.1 Å². The van der Waals surface area contributed by atoms with Crippen LogP contribution in [0.1, 0.15) is 21.7 Å². The van der Waals surface area contributed by atoms with E-state index in [0.717, 1.165) is 15.9 Å². The number of aromatic nitrogens is 1. The van der Waals surface area contributed by atoms with Crippen LogP contribution < -0.4 is 0 Å². The largest absolute Gasteiger partial charge is 0.468 e. The molecule has 4 nitrogen and oxygen atoms in total. The van der Waals surface area contributed by atoms with Gasteiger partial charge in [0.05, 0.1) is 29.7 Å². The Balaban J connectivity index is 1.83. The van der Waals surface area contributed by atoms with Crippen LogP contribution in [0.2, 0.25) is 0 Å². The van der Waals surface area contributed by atoms with E-state index in [2.05, 4.69) is 18.0 Å². The molecule has 2 heterocycles. The van der Waals surface area contributed by atoms with Crippen molar-refractivity contribution in [1.29, 1.82) is 0 Å². The van der Waals surface area contributed by atoms with Gasteiger partial charge in [-0.2, -0.15) is 0 Å². The van der Waals surface area contributed by atoms with E-state index in [9.17, 15) is 4.79 Å². The lowest BCUT2D eigenvalue weighted by molar-refractivity contribution is 0.0598. The van der Waals surface area contributed by atoms with Crippen molar-refractivity contribution in [3.63, 3.8) is 0 Å². The number of hydrogen-bond donors (Lipinski definition) is 0. The standard InChI is InChI=1S/C17H15NO3S/c1-11-9-16(18-14-6-4-3-5-12(11)14)22-10-15-13(7-8-21-15)17(19)20-2/h3-9H,10H2,1-2H3. The van der Waals surface area contributed by atoms with E-state index in [4.69, 9.17) is 9.15 Å². The molecule has 0 aliphatic heterocycles. The summed E-state index contributed by atoms with van der Waals surface area (Å²) in [6.07, 6.45) is 1.50. The van der Waals surface area contributed by atoms with Gasteiger partial charge >= 0.3 is 5.97 Å². The van der Waals surface area contributed by atoms with Gasteiger partial charge in [0.1, 0.15) is 11.3 Å². The summed E-state index contributed by atoms with van der Waals surface area (Å²) in [5.74, 6) is 0.749. The average Bonchev–Trinajstić information content (AvgIpc) is 3.01. The lowest BCUT2D eigenvalue weighted by Gasteiger charge is -2.06. The molecule has 0 aliphatic carbocycles. The minimum atomic E-state index is -0.382. The minimum absolute atomic E-state index is 0.382. The van der Waals surface area contributed by atoms with Crippen LogP contribution in [0.4, 0.5) is 0 Å². The molecule has 0 fully saturated rings. The highest BCUT2D eigenvalue weighted by Gasteiger charge is 2.15. The molecule has 112 valence electrons. The van der Waals surface area contributed by atoms with E-state index in [1.54, 1.807) is 6.07 Å². The Labute approximate surface area is 132 Å². The Kier molecular flexibility index (Phi) is 4.15. The maximum absolute atomic E-state index is 11.6. The lowest BCUT2D eigenvalue weighted by Crippen LogP contribution is -2.02. The number of pyridine rings is 1. The number of carbonyl (C=O) groups excluding carboxylic acids is 1. The smallest absolute Gasteiger partial charge is 0.341 e. The van der Waals surface area contributed by atoms with Crippen LogP contribution in [0.3, 0.4) is 0 Å². The molecule has 22 heavy (non-hydrogen) atoms. The molecule has 0 spiro atoms. The normalized spacial score (nSPS) is 10.8. The van der Waals surface area contributed by atoms with Crippen molar-refractivity contribution in [2.45, 2.75) is 17.7 Å². The zero-order valence-corrected chi connectivity index (χ0v) is 13.1. The monoisotopic (exact) mass is 313 g/mol. The first-order valence-electron chi connectivity index (χ1n) is 6.83. The van der Waals surface area contributed by atoms with Gasteiger partial charge in [0.2, 0.25) is 0 Å². The number of thioether (sulfide) groups is 1. The number of benzene rings is 1. The molecule has 0 N–H and O–H groups in total. The van der Waals surface area contributed by atoms with E-state index >= 15 is 0 Å². The number of ether oxygens (including phenoxy) is 1. The molecule has 0 unspecified atom stereocenters. The molecule has 1 aromatic carbocycles. The summed E-state index contributed by atoms with van der Waals surface area (Å²) in [6, 6.07) is 11.7. The van der Waals surface area contributed by atoms with Crippen molar-refractivity contribution in [2.24, 2.45) is 0 Å². The Morgan fingerprint density at radius 3 is 2.95 bits per heavy atom. The van der Waals surface area contributed by atoms with Gasteiger partial charge in [0, 0.05) is 5.39 Å². The molecule has 0 saturated carbocycles. The first-order chi connectivity index (χ1) is 10.7. The summed E-state index contributed by atoms with van der Waals surface area (Å²) in [7, 11) is 1.36. The molecule has 0 amide bonds. The summed E-state index contributed by atoms with van der Waals surface area (Å²) in [5, 5.41) is 2.06. The van der Waals surface area contributed by atoms with E-state index in [1.807, 2.05) is 24.3 Å². The molecule has 0 atom stereocenters. The van der Waals surface area contributed by atoms with Crippen molar-refractivity contribution in [2.75, 3.05) is 7.11 Å². The van der Waals surface area contributed by atoms with Crippen LogP contribution in [0.15, 0.2) is 52.1 Å². The van der Waals surface area contributed by atoms with Crippen molar-refractivity contribution in [3.8, 4) is 0 Å². The number of rotatable bonds is 4. The molecule has 2 aromatic heterocycles. The van der Waals surface area contributed by atoms with Crippen molar-refractivity contribution >= 4 is 28.6 Å². The van der Waals surface area contributed by atoms with E-state index < -0.39 is 0 Å². The third-order valence-corrected chi connectivity index (χ3v) is 4.31. The number of methoxy groups -OCH3 is 1. The second-order valence-corrected chi connectivity index (χ2v) is 5.83. The van der Waals surface area contributed by atoms with E-state index in [0.29, 0.717) is 17.1 Å². The highest BCUT2D eigenvalue weighted by Crippen LogP contribution is 2.27. The maximum Gasteiger partial charge on any atom is 0.341 e. The van der Waals surface area contributed by atoms with Crippen molar-refractivity contribution in [1.82, 2.24) is 4.98 Å². The zero-order chi connectivity index (χ0) is 15.5. The van der Waals surface area contributed by atoms with Gasteiger partial charge in [-0.25, -0.2) is 9.78 Å². The number of fused-ring (bicyclic) bond motifs is 1. The van der Waals surface area contributed by atoms with Gasteiger partial charge in [-0.3, -0.25) is 0 Å². The summed E-state index contributed by atoms with van der Waals surface area (Å²) < 4.78 is 10.1. The summed E-state index contributed by atoms with van der Waals surface area (Å²) in [5.41, 5.74) is 2.62. The highest BCUT2D eigenvalue weighted by atomic mass is 32.2. The van der Waals surface area contributed by atoms with Gasteiger partial charge in [0.25, 0.3) is 0 Å². The average molecular weight is 313 g/mol. The summed E-state index contributed by atoms with van der Waals surface area (Å²) >= 11 is 1.54. The van der Waals surface area contributed by atoms with Gasteiger partial charge < -0.3 is 9.15 Å². The Bertz CT molecular complexity index is 826. The molecule has 0 saturated heterocycles. The fourth-order valence-corrected chi connectivity index (χ4v) is 3.20. The van der Waals surface area contributed by atoms with Crippen LogP contribution in [0.5, 0.6) is 0 Å². The first-order valence-corrected chi connectivity index (χ1v) is 7.81. The predicted octanol–water partition coefficient (Wildman–Crippen LogP) is 4.22. The number of carbonyl (C=O) groups is 1. The summed E-state index contributed by atoms with van der Waals surface area (Å²) in [4.78, 5) is 16.3. The second-order valence-electron chi connectivity index (χ2n) is 4.83. The van der Waals surface area contributed by atoms with Crippen LogP contribution in [0, 0.1) is 6.92 Å². The van der Waals surface area contributed by atoms with Gasteiger partial charge in [-0.05, 0) is 30.7 Å². The number of aryl methyl sites for hydroxylation is 1. The summed E-state index contributed by atoms with van der Waals surface area (Å²) in [6.45, 7) is 2.07. The van der Waals surface area contributed by atoms with Gasteiger partial charge in [-0.15, -0.1) is 0 Å². The van der Waals surface area contributed by atoms with Crippen molar-refractivity contribution < 1.29 is 13.9 Å². The molecule has 0 aliphatic rings. The Hall–Kier alpha value is -2.27. The fraction of sp³-hybridized carbons (Fsp3) is 0.176. The van der Waals surface area contributed by atoms with Crippen LogP contribution in [0.25, 0.3) is 10.9 Å². The molecular formula is C17H15NO3S. The zero-order valence-electron chi connectivity index (χ0n) is 12.3. The van der Waals surface area contributed by atoms with Gasteiger partial charge in [0.15, 0.2) is 0 Å². The van der Waals surface area contributed by atoms with Gasteiger partial charge in [-0.1, -0.05) is 30.0 Å². The lowest BCUT2D eigenvalue weighted by atomic mass is 10.1. The number of para-hydroxylation sites is 1. The molecule has 0 radical (unpaired) electrons. The van der Waals surface area contributed by atoms with E-state index in [-0.39, 0.29) is 5.97 Å². The topological polar surface area (TPSA) is 52.3 Å². The number of nitrogens with zero attached hydrogens (tertiary/aromatic N) is 1. The quantitative estimate of drug-likeness (QED) is 0.533. The van der Waals surface area contributed by atoms with Crippen LogP contribution in [-0.2, 0) is 10.5 Å². The molecule has 3 rings (SSSR count). The third-order valence-electron chi connectivity index (χ3n) is 3.40. The predicted molar refractivity (Wildman–Crippen MR) is 86.1 cm³/mol. The Morgan fingerprint density at radius 2 is 2.14 bits per heavy atom. The third kappa shape index (κ3) is 2.85. The maximum atomic E-state index is 11.6. The van der Waals surface area contributed by atoms with Crippen LogP contribution >= 0.6 is 11.8 Å². The second kappa shape index (κ2) is 6.23. The first kappa shape index (κ1) is 14.7. The minimum Gasteiger partial charge on any atom is -0.468 e. The molecular weight excluding hydrogens is 298 g/mol. The highest BCUT2D eigenvalue weighted by molar-refractivity contribution is 7.98. The Morgan fingerprint density at radius 1 is 1.32 bits per heavy atom. The molecule has 5 heteroatoms. The molecule has 3 aromatic rings. The number of furan rings is 1. The molecule has 0 bridgehead atoms. The number of hydrogen-bond acceptors (Lipinski definition) is 5. The SMILES string of the molecule is COC(=O)c1ccoc1CSc1cc(C)c2ccccc2n1. The van der Waals surface area contributed by atoms with E-state index in [1.165, 1.54) is 30.7 Å². The fourth-order valence-electron chi connectivity index (χ4n) is 2.28. The van der Waals surface area contributed by atoms with Crippen molar-refractivity contribution in [3.05, 3.63) is 59.5 Å². The number of esters is 1.